The summed E-state index contributed by atoms with van der Waals surface area (Å²) in [4.78, 5) is 12.2. The molecule has 6 atom stereocenters. The second kappa shape index (κ2) is 5.34. The van der Waals surface area contributed by atoms with Gasteiger partial charge in [-0.3, -0.25) is 4.79 Å². The molecule has 5 aliphatic rings. The summed E-state index contributed by atoms with van der Waals surface area (Å²) in [6.07, 6.45) is 12.6. The van der Waals surface area contributed by atoms with Gasteiger partial charge in [-0.05, 0) is 85.5 Å². The Kier molecular flexibility index (Phi) is 3.49. The third-order valence-electron chi connectivity index (χ3n) is 8.75. The molecule has 25 heavy (non-hydrogen) atoms. The maximum absolute atomic E-state index is 12.2. The lowest BCUT2D eigenvalue weighted by Crippen LogP contribution is -2.57. The standard InChI is InChI=1S/C22H33NO2/c1-21-10-3-4-15(21)14-7-8-16-20(23)17(24)9-11-22(16,2)19(14)18(12-21)25-13-5-6-13/h13-15,18-19H,3-12,23H2,1-2H3/t14-,15-,18?,19+,21-,22-/m0/s1. The molecule has 0 aromatic rings. The summed E-state index contributed by atoms with van der Waals surface area (Å²) in [7, 11) is 0. The lowest BCUT2D eigenvalue weighted by molar-refractivity contribution is -0.150. The number of hydrogen-bond donors (Lipinski definition) is 1. The van der Waals surface area contributed by atoms with Gasteiger partial charge in [0.2, 0.25) is 0 Å². The zero-order valence-corrected chi connectivity index (χ0v) is 15.9. The molecule has 0 aliphatic heterocycles. The van der Waals surface area contributed by atoms with E-state index < -0.39 is 0 Å². The summed E-state index contributed by atoms with van der Waals surface area (Å²) in [5.41, 5.74) is 8.79. The topological polar surface area (TPSA) is 52.3 Å². The third kappa shape index (κ3) is 2.30. The summed E-state index contributed by atoms with van der Waals surface area (Å²) in [5, 5.41) is 0. The molecule has 0 heterocycles. The number of ether oxygens (including phenoxy) is 1. The first-order valence-electron chi connectivity index (χ1n) is 10.6. The molecule has 3 nitrogen and oxygen atoms in total. The molecule has 5 aliphatic carbocycles. The van der Waals surface area contributed by atoms with Gasteiger partial charge in [-0.2, -0.15) is 0 Å². The molecule has 1 unspecified atom stereocenters. The maximum Gasteiger partial charge on any atom is 0.178 e. The lowest BCUT2D eigenvalue weighted by Gasteiger charge is -2.60. The van der Waals surface area contributed by atoms with E-state index in [1.54, 1.807) is 0 Å². The molecular weight excluding hydrogens is 310 g/mol. The third-order valence-corrected chi connectivity index (χ3v) is 8.75. The van der Waals surface area contributed by atoms with Gasteiger partial charge in [0.15, 0.2) is 5.78 Å². The first-order valence-corrected chi connectivity index (χ1v) is 10.6. The molecule has 0 amide bonds. The van der Waals surface area contributed by atoms with Crippen molar-refractivity contribution in [2.24, 2.45) is 34.3 Å². The van der Waals surface area contributed by atoms with Crippen LogP contribution in [-0.4, -0.2) is 18.0 Å². The maximum atomic E-state index is 12.2. The fraction of sp³-hybridized carbons (Fsp3) is 0.864. The normalized spacial score (nSPS) is 49.6. The summed E-state index contributed by atoms with van der Waals surface area (Å²) in [6, 6.07) is 0. The Bertz CT molecular complexity index is 636. The van der Waals surface area contributed by atoms with Gasteiger partial charge >= 0.3 is 0 Å². The highest BCUT2D eigenvalue weighted by Gasteiger charge is 2.61. The van der Waals surface area contributed by atoms with Crippen LogP contribution >= 0.6 is 0 Å². The molecule has 0 radical (unpaired) electrons. The summed E-state index contributed by atoms with van der Waals surface area (Å²) in [6.45, 7) is 4.95. The van der Waals surface area contributed by atoms with E-state index in [4.69, 9.17) is 10.5 Å². The van der Waals surface area contributed by atoms with Gasteiger partial charge in [0.1, 0.15) is 0 Å². The molecule has 0 aromatic heterocycles. The van der Waals surface area contributed by atoms with Crippen LogP contribution in [0.5, 0.6) is 0 Å². The molecule has 2 N–H and O–H groups in total. The number of carbonyl (C=O) groups is 1. The molecule has 4 saturated carbocycles. The fourth-order valence-corrected chi connectivity index (χ4v) is 7.44. The summed E-state index contributed by atoms with van der Waals surface area (Å²) in [5.74, 6) is 2.38. The highest BCUT2D eigenvalue weighted by Crippen LogP contribution is 2.66. The van der Waals surface area contributed by atoms with Crippen LogP contribution in [0.4, 0.5) is 0 Å². The Hall–Kier alpha value is -0.830. The minimum Gasteiger partial charge on any atom is -0.396 e. The Morgan fingerprint density at radius 1 is 1.08 bits per heavy atom. The van der Waals surface area contributed by atoms with Crippen LogP contribution in [0.25, 0.3) is 0 Å². The Balaban J connectivity index is 1.57. The van der Waals surface area contributed by atoms with Crippen molar-refractivity contribution in [1.29, 1.82) is 0 Å². The van der Waals surface area contributed by atoms with Gasteiger partial charge in [-0.25, -0.2) is 0 Å². The second-order valence-corrected chi connectivity index (χ2v) is 10.2. The SMILES string of the molecule is C[C@@]12CCC[C@H]1[C@@H]1CCC3=C(N)C(=O)CC[C@]3(C)[C@H]1C(OC1CC1)C2. The predicted octanol–water partition coefficient (Wildman–Crippen LogP) is 4.35. The molecule has 0 saturated heterocycles. The summed E-state index contributed by atoms with van der Waals surface area (Å²) < 4.78 is 6.67. The molecule has 5 rings (SSSR count). The second-order valence-electron chi connectivity index (χ2n) is 10.2. The highest BCUT2D eigenvalue weighted by atomic mass is 16.5. The number of Topliss-reactive ketones (excluding diaryl/α,β-unsaturated/α-hetero) is 1. The number of carbonyl (C=O) groups excluding carboxylic acids is 1. The highest BCUT2D eigenvalue weighted by molar-refractivity contribution is 5.96. The van der Waals surface area contributed by atoms with Crippen molar-refractivity contribution in [3.8, 4) is 0 Å². The van der Waals surface area contributed by atoms with Gasteiger partial charge in [-0.15, -0.1) is 0 Å². The summed E-state index contributed by atoms with van der Waals surface area (Å²) >= 11 is 0. The number of fused-ring (bicyclic) bond motifs is 5. The van der Waals surface area contributed by atoms with E-state index in [1.165, 1.54) is 50.5 Å². The van der Waals surface area contributed by atoms with E-state index >= 15 is 0 Å². The van der Waals surface area contributed by atoms with Crippen LogP contribution in [0, 0.1) is 28.6 Å². The van der Waals surface area contributed by atoms with Crippen molar-refractivity contribution in [2.75, 3.05) is 0 Å². The number of hydrogen-bond acceptors (Lipinski definition) is 3. The van der Waals surface area contributed by atoms with Crippen LogP contribution in [0.15, 0.2) is 11.3 Å². The molecule has 0 spiro atoms. The first kappa shape index (κ1) is 16.4. The van der Waals surface area contributed by atoms with Gasteiger partial charge in [-0.1, -0.05) is 20.3 Å². The minimum atomic E-state index is 0.0877. The Morgan fingerprint density at radius 2 is 1.88 bits per heavy atom. The van der Waals surface area contributed by atoms with Crippen LogP contribution in [0.3, 0.4) is 0 Å². The van der Waals surface area contributed by atoms with Gasteiger partial charge in [0.25, 0.3) is 0 Å². The predicted molar refractivity (Wildman–Crippen MR) is 97.7 cm³/mol. The number of rotatable bonds is 2. The minimum absolute atomic E-state index is 0.0877. The molecule has 0 aromatic carbocycles. The van der Waals surface area contributed by atoms with Crippen LogP contribution < -0.4 is 5.73 Å². The van der Waals surface area contributed by atoms with Crippen LogP contribution in [0.2, 0.25) is 0 Å². The zero-order chi connectivity index (χ0) is 17.4. The van der Waals surface area contributed by atoms with Crippen LogP contribution in [0.1, 0.15) is 78.1 Å². The van der Waals surface area contributed by atoms with Crippen molar-refractivity contribution in [3.05, 3.63) is 11.3 Å². The molecule has 138 valence electrons. The molecular formula is C22H33NO2. The quantitative estimate of drug-likeness (QED) is 0.811. The average molecular weight is 344 g/mol. The van der Waals surface area contributed by atoms with Crippen molar-refractivity contribution in [3.63, 3.8) is 0 Å². The van der Waals surface area contributed by atoms with E-state index in [9.17, 15) is 4.79 Å². The monoisotopic (exact) mass is 343 g/mol. The van der Waals surface area contributed by atoms with Crippen LogP contribution in [-0.2, 0) is 9.53 Å². The first-order chi connectivity index (χ1) is 11.9. The molecule has 3 heteroatoms. The fourth-order valence-electron chi connectivity index (χ4n) is 7.44. The molecule has 0 bridgehead atoms. The van der Waals surface area contributed by atoms with Crippen molar-refractivity contribution < 1.29 is 9.53 Å². The largest absolute Gasteiger partial charge is 0.396 e. The van der Waals surface area contributed by atoms with E-state index in [-0.39, 0.29) is 11.2 Å². The average Bonchev–Trinajstić information content (AvgIpc) is 3.29. The number of nitrogens with two attached hydrogens (primary N) is 1. The Labute approximate surface area is 151 Å². The van der Waals surface area contributed by atoms with Crippen molar-refractivity contribution in [2.45, 2.75) is 90.3 Å². The van der Waals surface area contributed by atoms with E-state index in [0.29, 0.717) is 35.7 Å². The molecule has 4 fully saturated rings. The van der Waals surface area contributed by atoms with Gasteiger partial charge in [0, 0.05) is 6.42 Å². The van der Waals surface area contributed by atoms with Gasteiger partial charge < -0.3 is 10.5 Å². The zero-order valence-electron chi connectivity index (χ0n) is 15.9. The van der Waals surface area contributed by atoms with Crippen molar-refractivity contribution in [1.82, 2.24) is 0 Å². The number of allylic oxidation sites excluding steroid dienone is 1. The van der Waals surface area contributed by atoms with Crippen molar-refractivity contribution >= 4 is 5.78 Å². The van der Waals surface area contributed by atoms with E-state index in [1.807, 2.05) is 0 Å². The Morgan fingerprint density at radius 3 is 2.64 bits per heavy atom. The number of ketones is 1. The lowest BCUT2D eigenvalue weighted by atomic mass is 9.46. The van der Waals surface area contributed by atoms with E-state index in [2.05, 4.69) is 13.8 Å². The van der Waals surface area contributed by atoms with Gasteiger partial charge in [0.05, 0.1) is 17.9 Å². The smallest absolute Gasteiger partial charge is 0.178 e. The van der Waals surface area contributed by atoms with E-state index in [0.717, 1.165) is 24.7 Å².